The second kappa shape index (κ2) is 12.1. The van der Waals surface area contributed by atoms with Crippen LogP contribution in [0.4, 0.5) is 28.9 Å². The Labute approximate surface area is 240 Å². The van der Waals surface area contributed by atoms with E-state index in [-0.39, 0.29) is 34.5 Å². The van der Waals surface area contributed by atoms with Crippen LogP contribution >= 0.6 is 11.3 Å². The van der Waals surface area contributed by atoms with Crippen molar-refractivity contribution in [1.29, 1.82) is 0 Å². The molecule has 41 heavy (non-hydrogen) atoms. The Morgan fingerprint density at radius 1 is 1.10 bits per heavy atom. The molecule has 13 heteroatoms. The summed E-state index contributed by atoms with van der Waals surface area (Å²) in [7, 11) is -4.03. The number of halogens is 4. The highest BCUT2D eigenvalue weighted by molar-refractivity contribution is 7.89. The first kappa shape index (κ1) is 29.4. The van der Waals surface area contributed by atoms with Crippen LogP contribution in [0.2, 0.25) is 0 Å². The van der Waals surface area contributed by atoms with Gasteiger partial charge in [-0.05, 0) is 54.8 Å². The summed E-state index contributed by atoms with van der Waals surface area (Å²) in [6, 6.07) is 10.0. The van der Waals surface area contributed by atoms with Gasteiger partial charge in [-0.2, -0.15) is 13.2 Å². The molecular formula is C28H30F4N4O3S2. The van der Waals surface area contributed by atoms with E-state index in [1.807, 2.05) is 6.07 Å². The van der Waals surface area contributed by atoms with E-state index in [0.717, 1.165) is 48.4 Å². The van der Waals surface area contributed by atoms with Crippen molar-refractivity contribution in [1.82, 2.24) is 4.90 Å². The number of piperidine rings is 1. The average molecular weight is 611 g/mol. The zero-order valence-corrected chi connectivity index (χ0v) is 23.7. The van der Waals surface area contributed by atoms with Crippen molar-refractivity contribution in [2.75, 3.05) is 37.1 Å². The number of rotatable bonds is 9. The number of nitrogens with zero attached hydrogens (tertiary/aromatic N) is 1. The fraction of sp³-hybridized carbons (Fsp3) is 0.429. The molecule has 2 heterocycles. The zero-order chi connectivity index (χ0) is 29.2. The molecule has 2 aromatic carbocycles. The van der Waals surface area contributed by atoms with Crippen LogP contribution in [-0.2, 0) is 16.4 Å². The number of ether oxygens (including phenoxy) is 1. The maximum absolute atomic E-state index is 13.6. The Morgan fingerprint density at radius 3 is 2.51 bits per heavy atom. The number of benzene rings is 2. The summed E-state index contributed by atoms with van der Waals surface area (Å²) in [5.74, 6) is 5.63. The van der Waals surface area contributed by atoms with Crippen molar-refractivity contribution in [3.63, 3.8) is 0 Å². The van der Waals surface area contributed by atoms with E-state index in [1.165, 1.54) is 36.3 Å². The highest BCUT2D eigenvalue weighted by Gasteiger charge is 2.33. The molecule has 1 saturated carbocycles. The molecule has 220 valence electrons. The number of sulfonamides is 1. The molecule has 0 amide bonds. The standard InChI is InChI=1S/C28H30F4N4O3S2/c29-17-39-25-15-20(41(33,37)38)8-9-23(25)34-12-2-5-26-22(16-28(30,31)32)21-3-1-4-24(27(21)40-26)35-18-10-13-36(14-11-18)19-6-7-19/h1,3-4,8-9,15,18-19,34-35H,6-7,10-14,16-17H2,(H2,33,37,38). The van der Waals surface area contributed by atoms with Gasteiger partial charge < -0.3 is 20.3 Å². The minimum atomic E-state index is -4.41. The van der Waals surface area contributed by atoms with E-state index in [1.54, 1.807) is 12.1 Å². The van der Waals surface area contributed by atoms with E-state index in [9.17, 15) is 26.0 Å². The number of anilines is 2. The van der Waals surface area contributed by atoms with Crippen molar-refractivity contribution < 1.29 is 30.7 Å². The minimum absolute atomic E-state index is 0.0122. The molecule has 2 fully saturated rings. The highest BCUT2D eigenvalue weighted by atomic mass is 32.2. The fourth-order valence-corrected chi connectivity index (χ4v) is 6.80. The first-order chi connectivity index (χ1) is 19.5. The number of likely N-dealkylation sites (tertiary alicyclic amines) is 1. The van der Waals surface area contributed by atoms with Crippen LogP contribution in [0.5, 0.6) is 5.75 Å². The number of hydrogen-bond donors (Lipinski definition) is 3. The monoisotopic (exact) mass is 610 g/mol. The topological polar surface area (TPSA) is 96.7 Å². The molecule has 3 aromatic rings. The van der Waals surface area contributed by atoms with Gasteiger partial charge in [0.05, 0.1) is 38.8 Å². The Morgan fingerprint density at radius 2 is 1.85 bits per heavy atom. The summed E-state index contributed by atoms with van der Waals surface area (Å²) >= 11 is 1.23. The van der Waals surface area contributed by atoms with Gasteiger partial charge in [0.2, 0.25) is 16.9 Å². The average Bonchev–Trinajstić information content (AvgIpc) is 3.70. The third-order valence-corrected chi connectivity index (χ3v) is 9.32. The lowest BCUT2D eigenvalue weighted by molar-refractivity contribution is -0.126. The van der Waals surface area contributed by atoms with E-state index >= 15 is 0 Å². The van der Waals surface area contributed by atoms with Crippen molar-refractivity contribution in [3.05, 3.63) is 46.8 Å². The van der Waals surface area contributed by atoms with Gasteiger partial charge in [0.1, 0.15) is 5.75 Å². The van der Waals surface area contributed by atoms with Crippen LogP contribution in [0.25, 0.3) is 10.1 Å². The molecule has 0 bridgehead atoms. The van der Waals surface area contributed by atoms with E-state index < -0.39 is 29.5 Å². The van der Waals surface area contributed by atoms with Crippen molar-refractivity contribution in [2.24, 2.45) is 5.14 Å². The molecule has 1 aliphatic heterocycles. The van der Waals surface area contributed by atoms with Crippen LogP contribution in [0, 0.1) is 11.8 Å². The predicted molar refractivity (Wildman–Crippen MR) is 153 cm³/mol. The van der Waals surface area contributed by atoms with E-state index in [4.69, 9.17) is 9.88 Å². The Balaban J connectivity index is 1.36. The summed E-state index contributed by atoms with van der Waals surface area (Å²) in [6.07, 6.45) is -1.00. The van der Waals surface area contributed by atoms with Gasteiger partial charge in [0, 0.05) is 31.2 Å². The maximum Gasteiger partial charge on any atom is 0.393 e. The van der Waals surface area contributed by atoms with Crippen LogP contribution in [0.1, 0.15) is 36.1 Å². The second-order valence-corrected chi connectivity index (χ2v) is 12.8. The van der Waals surface area contributed by atoms with E-state index in [0.29, 0.717) is 10.3 Å². The second-order valence-electron chi connectivity index (χ2n) is 10.2. The number of thiophene rings is 1. The van der Waals surface area contributed by atoms with Gasteiger partial charge in [-0.1, -0.05) is 24.0 Å². The number of alkyl halides is 4. The lowest BCUT2D eigenvalue weighted by atomic mass is 10.0. The molecule has 0 spiro atoms. The van der Waals surface area contributed by atoms with Gasteiger partial charge >= 0.3 is 6.18 Å². The summed E-state index contributed by atoms with van der Waals surface area (Å²) in [4.78, 5) is 2.59. The summed E-state index contributed by atoms with van der Waals surface area (Å²) in [5, 5.41) is 12.1. The smallest absolute Gasteiger partial charge is 0.393 e. The summed E-state index contributed by atoms with van der Waals surface area (Å²) in [5.41, 5.74) is 1.21. The molecule has 1 aromatic heterocycles. The number of fused-ring (bicyclic) bond motifs is 1. The lowest BCUT2D eigenvalue weighted by Gasteiger charge is -2.33. The fourth-order valence-electron chi connectivity index (χ4n) is 5.10. The van der Waals surface area contributed by atoms with Gasteiger partial charge in [-0.25, -0.2) is 17.9 Å². The third-order valence-electron chi connectivity index (χ3n) is 7.21. The van der Waals surface area contributed by atoms with Gasteiger partial charge in [0.25, 0.3) is 0 Å². The van der Waals surface area contributed by atoms with E-state index in [2.05, 4.69) is 27.4 Å². The van der Waals surface area contributed by atoms with Crippen LogP contribution < -0.4 is 20.5 Å². The van der Waals surface area contributed by atoms with Crippen LogP contribution in [0.15, 0.2) is 41.3 Å². The molecule has 0 unspecified atom stereocenters. The first-order valence-corrected chi connectivity index (χ1v) is 15.6. The minimum Gasteiger partial charge on any atom is -0.461 e. The molecule has 0 radical (unpaired) electrons. The quantitative estimate of drug-likeness (QED) is 0.220. The summed E-state index contributed by atoms with van der Waals surface area (Å²) in [6.45, 7) is 0.831. The number of hydrogen-bond acceptors (Lipinski definition) is 7. The molecule has 1 saturated heterocycles. The molecule has 0 atom stereocenters. The number of nitrogens with two attached hydrogens (primary N) is 1. The summed E-state index contributed by atoms with van der Waals surface area (Å²) < 4.78 is 82.4. The van der Waals surface area contributed by atoms with Crippen molar-refractivity contribution in [3.8, 4) is 17.6 Å². The largest absolute Gasteiger partial charge is 0.461 e. The SMILES string of the molecule is NS(=O)(=O)c1ccc(NCC#Cc2sc3c(NC4CCN(C5CC5)CC4)cccc3c2CC(F)(F)F)c(OCF)c1. The third kappa shape index (κ3) is 7.43. The predicted octanol–water partition coefficient (Wildman–Crippen LogP) is 5.46. The molecule has 2 aliphatic rings. The van der Waals surface area contributed by atoms with Crippen molar-refractivity contribution in [2.45, 2.75) is 55.3 Å². The van der Waals surface area contributed by atoms with Gasteiger partial charge in [-0.15, -0.1) is 11.3 Å². The number of primary sulfonamides is 1. The van der Waals surface area contributed by atoms with Gasteiger partial charge in [0.15, 0.2) is 0 Å². The van der Waals surface area contributed by atoms with Gasteiger partial charge in [-0.3, -0.25) is 0 Å². The molecule has 7 nitrogen and oxygen atoms in total. The van der Waals surface area contributed by atoms with Crippen molar-refractivity contribution >= 4 is 42.8 Å². The number of nitrogens with one attached hydrogen (secondary N) is 2. The van der Waals surface area contributed by atoms with Crippen LogP contribution in [0.3, 0.4) is 0 Å². The Bertz CT molecular complexity index is 1570. The molecule has 5 rings (SSSR count). The molecular weight excluding hydrogens is 580 g/mol. The maximum atomic E-state index is 13.6. The Hall–Kier alpha value is -3.05. The Kier molecular flexibility index (Phi) is 8.65. The molecule has 1 aliphatic carbocycles. The zero-order valence-electron chi connectivity index (χ0n) is 22.1. The van der Waals surface area contributed by atoms with Crippen LogP contribution in [-0.4, -0.2) is 58.1 Å². The lowest BCUT2D eigenvalue weighted by Crippen LogP contribution is -2.40. The first-order valence-electron chi connectivity index (χ1n) is 13.2. The molecule has 4 N–H and O–H groups in total. The normalized spacial score (nSPS) is 16.8. The highest BCUT2D eigenvalue weighted by Crippen LogP contribution is 2.40.